The molecule has 2 heterocycles. The standard InChI is InChI=1S/C16H21N3O5/c1-10(2)16(3,8-14(21)22)18-12(20)4-5-13-17-15(19-24-13)11-6-7-23-9-11/h6-7,9-10H,4-5,8H2,1-3H3,(H,18,20)(H,21,22). The molecule has 0 radical (unpaired) electrons. The van der Waals surface area contributed by atoms with Crippen molar-refractivity contribution < 1.29 is 23.6 Å². The summed E-state index contributed by atoms with van der Waals surface area (Å²) < 4.78 is 10.1. The maximum Gasteiger partial charge on any atom is 0.305 e. The Morgan fingerprint density at radius 2 is 2.17 bits per heavy atom. The molecule has 2 aromatic rings. The van der Waals surface area contributed by atoms with Crippen LogP contribution >= 0.6 is 0 Å². The van der Waals surface area contributed by atoms with Crippen molar-refractivity contribution in [1.29, 1.82) is 0 Å². The number of nitrogens with one attached hydrogen (secondary N) is 1. The van der Waals surface area contributed by atoms with E-state index in [1.807, 2.05) is 13.8 Å². The van der Waals surface area contributed by atoms with E-state index in [9.17, 15) is 9.59 Å². The summed E-state index contributed by atoms with van der Waals surface area (Å²) in [5, 5.41) is 15.6. The van der Waals surface area contributed by atoms with Gasteiger partial charge in [-0.1, -0.05) is 19.0 Å². The van der Waals surface area contributed by atoms with Crippen LogP contribution in [0.5, 0.6) is 0 Å². The number of hydrogen-bond acceptors (Lipinski definition) is 6. The normalized spacial score (nSPS) is 13.7. The van der Waals surface area contributed by atoms with Crippen molar-refractivity contribution in [2.75, 3.05) is 0 Å². The first kappa shape index (κ1) is 17.7. The number of nitrogens with zero attached hydrogens (tertiary/aromatic N) is 2. The molecule has 2 N–H and O–H groups in total. The average Bonchev–Trinajstić information content (AvgIpc) is 3.15. The van der Waals surface area contributed by atoms with Gasteiger partial charge in [0.25, 0.3) is 0 Å². The maximum atomic E-state index is 12.1. The smallest absolute Gasteiger partial charge is 0.305 e. The molecule has 8 heteroatoms. The molecular weight excluding hydrogens is 314 g/mol. The first-order valence-electron chi connectivity index (χ1n) is 7.68. The summed E-state index contributed by atoms with van der Waals surface area (Å²) in [6.45, 7) is 5.48. The van der Waals surface area contributed by atoms with Crippen LogP contribution in [0.3, 0.4) is 0 Å². The van der Waals surface area contributed by atoms with E-state index in [0.717, 1.165) is 0 Å². The number of carbonyl (C=O) groups excluding carboxylic acids is 1. The van der Waals surface area contributed by atoms with Gasteiger partial charge in [-0.15, -0.1) is 0 Å². The third-order valence-corrected chi connectivity index (χ3v) is 4.03. The highest BCUT2D eigenvalue weighted by atomic mass is 16.5. The van der Waals surface area contributed by atoms with Crippen molar-refractivity contribution in [3.8, 4) is 11.4 Å². The van der Waals surface area contributed by atoms with Crippen LogP contribution in [0.4, 0.5) is 0 Å². The molecule has 0 aliphatic heterocycles. The largest absolute Gasteiger partial charge is 0.481 e. The Hall–Kier alpha value is -2.64. The summed E-state index contributed by atoms with van der Waals surface area (Å²) >= 11 is 0. The van der Waals surface area contributed by atoms with Crippen molar-refractivity contribution in [2.45, 2.75) is 45.6 Å². The van der Waals surface area contributed by atoms with Crippen LogP contribution in [0.25, 0.3) is 11.4 Å². The van der Waals surface area contributed by atoms with Gasteiger partial charge in [0.1, 0.15) is 6.26 Å². The van der Waals surface area contributed by atoms with Crippen LogP contribution in [0.1, 0.15) is 39.5 Å². The van der Waals surface area contributed by atoms with Crippen molar-refractivity contribution in [2.24, 2.45) is 5.92 Å². The summed E-state index contributed by atoms with van der Waals surface area (Å²) in [6.07, 6.45) is 3.28. The van der Waals surface area contributed by atoms with Gasteiger partial charge in [-0.05, 0) is 18.9 Å². The average molecular weight is 335 g/mol. The minimum Gasteiger partial charge on any atom is -0.481 e. The highest BCUT2D eigenvalue weighted by molar-refractivity contribution is 5.78. The predicted molar refractivity (Wildman–Crippen MR) is 84.0 cm³/mol. The Bertz CT molecular complexity index is 692. The number of carboxylic acids is 1. The molecule has 0 fully saturated rings. The number of carboxylic acid groups (broad SMARTS) is 1. The first-order chi connectivity index (χ1) is 11.3. The van der Waals surface area contributed by atoms with Crippen molar-refractivity contribution in [3.05, 3.63) is 24.5 Å². The molecule has 0 bridgehead atoms. The van der Waals surface area contributed by atoms with E-state index in [1.54, 1.807) is 13.0 Å². The van der Waals surface area contributed by atoms with Gasteiger partial charge in [-0.2, -0.15) is 4.98 Å². The molecule has 1 unspecified atom stereocenters. The van der Waals surface area contributed by atoms with E-state index in [1.165, 1.54) is 12.5 Å². The number of furan rings is 1. The topological polar surface area (TPSA) is 118 Å². The summed E-state index contributed by atoms with van der Waals surface area (Å²) in [5.74, 6) is -0.486. The fraction of sp³-hybridized carbons (Fsp3) is 0.500. The van der Waals surface area contributed by atoms with Crippen LogP contribution in [-0.4, -0.2) is 32.7 Å². The first-order valence-corrected chi connectivity index (χ1v) is 7.68. The Kier molecular flexibility index (Phi) is 5.38. The van der Waals surface area contributed by atoms with E-state index < -0.39 is 11.5 Å². The number of aromatic nitrogens is 2. The second-order valence-corrected chi connectivity index (χ2v) is 6.21. The molecule has 0 spiro atoms. The minimum atomic E-state index is -0.951. The van der Waals surface area contributed by atoms with Gasteiger partial charge in [-0.3, -0.25) is 9.59 Å². The molecule has 24 heavy (non-hydrogen) atoms. The maximum absolute atomic E-state index is 12.1. The second kappa shape index (κ2) is 7.29. The molecule has 2 rings (SSSR count). The van der Waals surface area contributed by atoms with Gasteiger partial charge in [0, 0.05) is 18.4 Å². The zero-order chi connectivity index (χ0) is 17.7. The fourth-order valence-corrected chi connectivity index (χ4v) is 2.17. The van der Waals surface area contributed by atoms with Crippen LogP contribution in [0.2, 0.25) is 0 Å². The zero-order valence-corrected chi connectivity index (χ0v) is 13.9. The van der Waals surface area contributed by atoms with E-state index in [-0.39, 0.29) is 31.1 Å². The lowest BCUT2D eigenvalue weighted by molar-refractivity contribution is -0.139. The summed E-state index contributed by atoms with van der Waals surface area (Å²) in [7, 11) is 0. The Labute approximate surface area is 139 Å². The molecule has 0 aliphatic rings. The minimum absolute atomic E-state index is 0.0198. The molecule has 0 aliphatic carbocycles. The summed E-state index contributed by atoms with van der Waals surface area (Å²) in [5.41, 5.74) is -0.108. The second-order valence-electron chi connectivity index (χ2n) is 6.21. The van der Waals surface area contributed by atoms with Gasteiger partial charge in [-0.25, -0.2) is 0 Å². The lowest BCUT2D eigenvalue weighted by Crippen LogP contribution is -2.51. The third-order valence-electron chi connectivity index (χ3n) is 4.03. The van der Waals surface area contributed by atoms with Gasteiger partial charge < -0.3 is 19.4 Å². The zero-order valence-electron chi connectivity index (χ0n) is 13.9. The van der Waals surface area contributed by atoms with Crippen molar-refractivity contribution in [3.63, 3.8) is 0 Å². The monoisotopic (exact) mass is 335 g/mol. The van der Waals surface area contributed by atoms with Crippen molar-refractivity contribution in [1.82, 2.24) is 15.5 Å². The Morgan fingerprint density at radius 1 is 1.42 bits per heavy atom. The quantitative estimate of drug-likeness (QED) is 0.759. The van der Waals surface area contributed by atoms with E-state index in [0.29, 0.717) is 17.3 Å². The van der Waals surface area contributed by atoms with Gasteiger partial charge in [0.05, 0.1) is 18.2 Å². The van der Waals surface area contributed by atoms with Gasteiger partial charge in [0.2, 0.25) is 17.6 Å². The fourth-order valence-electron chi connectivity index (χ4n) is 2.17. The molecule has 1 atom stereocenters. The summed E-state index contributed by atoms with van der Waals surface area (Å²) in [6, 6.07) is 1.71. The molecule has 0 saturated carbocycles. The number of amides is 1. The molecule has 0 saturated heterocycles. The van der Waals surface area contributed by atoms with Crippen LogP contribution in [-0.2, 0) is 16.0 Å². The molecule has 8 nitrogen and oxygen atoms in total. The molecule has 1 amide bonds. The molecule has 130 valence electrons. The SMILES string of the molecule is CC(C)C(C)(CC(=O)O)NC(=O)CCc1nc(-c2ccoc2)no1. The third kappa shape index (κ3) is 4.43. The highest BCUT2D eigenvalue weighted by Gasteiger charge is 2.32. The van der Waals surface area contributed by atoms with Crippen LogP contribution < -0.4 is 5.32 Å². The number of hydrogen-bond donors (Lipinski definition) is 2. The number of aryl methyl sites for hydroxylation is 1. The van der Waals surface area contributed by atoms with E-state index in [2.05, 4.69) is 15.5 Å². The van der Waals surface area contributed by atoms with E-state index >= 15 is 0 Å². The summed E-state index contributed by atoms with van der Waals surface area (Å²) in [4.78, 5) is 27.3. The van der Waals surface area contributed by atoms with Gasteiger partial charge >= 0.3 is 5.97 Å². The lowest BCUT2D eigenvalue weighted by atomic mass is 9.85. The molecular formula is C16H21N3O5. The molecule has 2 aromatic heterocycles. The number of aliphatic carboxylic acids is 1. The molecule has 0 aromatic carbocycles. The number of rotatable bonds is 8. The predicted octanol–water partition coefficient (Wildman–Crippen LogP) is 2.27. The highest BCUT2D eigenvalue weighted by Crippen LogP contribution is 2.21. The van der Waals surface area contributed by atoms with Crippen LogP contribution in [0.15, 0.2) is 27.5 Å². The number of carbonyl (C=O) groups is 2. The Balaban J connectivity index is 1.92. The van der Waals surface area contributed by atoms with Crippen LogP contribution in [0, 0.1) is 5.92 Å². The Morgan fingerprint density at radius 3 is 2.75 bits per heavy atom. The lowest BCUT2D eigenvalue weighted by Gasteiger charge is -2.33. The van der Waals surface area contributed by atoms with Crippen molar-refractivity contribution >= 4 is 11.9 Å². The van der Waals surface area contributed by atoms with E-state index in [4.69, 9.17) is 14.0 Å². The van der Waals surface area contributed by atoms with Gasteiger partial charge in [0.15, 0.2) is 0 Å².